The predicted octanol–water partition coefficient (Wildman–Crippen LogP) is -0.233. The predicted molar refractivity (Wildman–Crippen MR) is 84.6 cm³/mol. The van der Waals surface area contributed by atoms with Crippen molar-refractivity contribution in [3.8, 4) is 6.07 Å². The summed E-state index contributed by atoms with van der Waals surface area (Å²) in [6, 6.07) is 7.66. The molecule has 24 heavy (non-hydrogen) atoms. The minimum Gasteiger partial charge on any atom is -0.311 e. The van der Waals surface area contributed by atoms with Gasteiger partial charge < -0.3 is 5.32 Å². The first-order valence-corrected chi connectivity index (χ1v) is 8.95. The fraction of sp³-hybridized carbons (Fsp3) is 0.500. The molecule has 2 saturated heterocycles. The third-order valence-corrected chi connectivity index (χ3v) is 6.51. The molecule has 2 aliphatic heterocycles. The zero-order valence-electron chi connectivity index (χ0n) is 12.9. The van der Waals surface area contributed by atoms with Crippen LogP contribution in [0.1, 0.15) is 0 Å². The number of rotatable bonds is 4. The number of nitro benzene ring substituents is 1. The molecule has 1 aromatic rings. The van der Waals surface area contributed by atoms with E-state index in [-0.39, 0.29) is 18.0 Å². The first-order valence-electron chi connectivity index (χ1n) is 7.51. The van der Waals surface area contributed by atoms with E-state index in [9.17, 15) is 23.8 Å². The zero-order valence-corrected chi connectivity index (χ0v) is 13.7. The van der Waals surface area contributed by atoms with Gasteiger partial charge in [-0.05, 0) is 6.07 Å². The summed E-state index contributed by atoms with van der Waals surface area (Å²) in [7, 11) is -3.94. The number of nitro groups is 1. The van der Waals surface area contributed by atoms with Crippen molar-refractivity contribution in [3.05, 3.63) is 34.4 Å². The number of piperazine rings is 1. The molecule has 2 fully saturated rings. The van der Waals surface area contributed by atoms with E-state index in [0.717, 1.165) is 0 Å². The van der Waals surface area contributed by atoms with Gasteiger partial charge in [-0.15, -0.1) is 0 Å². The molecule has 0 unspecified atom stereocenters. The van der Waals surface area contributed by atoms with Crippen molar-refractivity contribution in [3.63, 3.8) is 0 Å². The maximum Gasteiger partial charge on any atom is 0.289 e. The van der Waals surface area contributed by atoms with Gasteiger partial charge in [-0.25, -0.2) is 8.42 Å². The lowest BCUT2D eigenvalue weighted by Gasteiger charge is -2.48. The Morgan fingerprint density at radius 3 is 2.33 bits per heavy atom. The first kappa shape index (κ1) is 16.8. The van der Waals surface area contributed by atoms with E-state index < -0.39 is 26.2 Å². The standard InChI is InChI=1S/C14H17N5O4S/c15-9-14(10-16-11-14)17-5-7-18(8-6-17)24(22,23)13-4-2-1-3-12(13)19(20)21/h1-4,16H,5-8,10-11H2. The van der Waals surface area contributed by atoms with E-state index in [1.807, 2.05) is 4.90 Å². The molecule has 0 bridgehead atoms. The molecule has 3 rings (SSSR count). The smallest absolute Gasteiger partial charge is 0.289 e. The molecule has 128 valence electrons. The summed E-state index contributed by atoms with van der Waals surface area (Å²) in [5.41, 5.74) is -0.981. The molecule has 2 aliphatic rings. The fourth-order valence-electron chi connectivity index (χ4n) is 3.06. The Balaban J connectivity index is 1.79. The lowest BCUT2D eigenvalue weighted by molar-refractivity contribution is -0.387. The van der Waals surface area contributed by atoms with Gasteiger partial charge in [-0.2, -0.15) is 9.57 Å². The van der Waals surface area contributed by atoms with Gasteiger partial charge in [0.25, 0.3) is 5.69 Å². The Hall–Kier alpha value is -2.06. The molecule has 0 radical (unpaired) electrons. The summed E-state index contributed by atoms with van der Waals surface area (Å²) in [6.45, 7) is 2.40. The van der Waals surface area contributed by atoms with Crippen molar-refractivity contribution in [2.24, 2.45) is 0 Å². The summed E-state index contributed by atoms with van der Waals surface area (Å²) >= 11 is 0. The quantitative estimate of drug-likeness (QED) is 0.587. The minimum atomic E-state index is -3.94. The molecule has 2 heterocycles. The largest absolute Gasteiger partial charge is 0.311 e. The van der Waals surface area contributed by atoms with Crippen LogP contribution in [0.25, 0.3) is 0 Å². The maximum absolute atomic E-state index is 12.7. The summed E-state index contributed by atoms with van der Waals surface area (Å²) in [4.78, 5) is 12.1. The second-order valence-corrected chi connectivity index (χ2v) is 7.77. The van der Waals surface area contributed by atoms with Crippen molar-refractivity contribution in [2.45, 2.75) is 10.4 Å². The molecule has 9 nitrogen and oxygen atoms in total. The summed E-state index contributed by atoms with van der Waals surface area (Å²) in [6.07, 6.45) is 0. The summed E-state index contributed by atoms with van der Waals surface area (Å²) < 4.78 is 26.7. The zero-order chi connectivity index (χ0) is 17.4. The van der Waals surface area contributed by atoms with Gasteiger partial charge in [0.15, 0.2) is 4.90 Å². The van der Waals surface area contributed by atoms with Gasteiger partial charge in [0.1, 0.15) is 5.54 Å². The number of hydrogen-bond donors (Lipinski definition) is 1. The summed E-state index contributed by atoms with van der Waals surface area (Å²) in [5.74, 6) is 0. The number of benzene rings is 1. The van der Waals surface area contributed by atoms with Gasteiger partial charge >= 0.3 is 0 Å². The van der Waals surface area contributed by atoms with Crippen molar-refractivity contribution in [1.82, 2.24) is 14.5 Å². The minimum absolute atomic E-state index is 0.206. The van der Waals surface area contributed by atoms with Crippen LogP contribution in [-0.4, -0.2) is 67.4 Å². The first-order chi connectivity index (χ1) is 11.4. The van der Waals surface area contributed by atoms with E-state index in [0.29, 0.717) is 26.2 Å². The number of sulfonamides is 1. The van der Waals surface area contributed by atoms with Crippen LogP contribution >= 0.6 is 0 Å². The molecule has 1 aromatic carbocycles. The van der Waals surface area contributed by atoms with E-state index in [4.69, 9.17) is 0 Å². The molecule has 0 aromatic heterocycles. The normalized spacial score (nSPS) is 21.6. The number of hydrogen-bond acceptors (Lipinski definition) is 7. The molecule has 0 saturated carbocycles. The highest BCUT2D eigenvalue weighted by Gasteiger charge is 2.45. The Labute approximate surface area is 139 Å². The van der Waals surface area contributed by atoms with Crippen molar-refractivity contribution in [1.29, 1.82) is 5.26 Å². The number of nitrogens with zero attached hydrogens (tertiary/aromatic N) is 4. The van der Waals surface area contributed by atoms with Crippen LogP contribution in [0.2, 0.25) is 0 Å². The third-order valence-electron chi connectivity index (χ3n) is 4.57. The van der Waals surface area contributed by atoms with Gasteiger partial charge in [0.05, 0.1) is 11.0 Å². The van der Waals surface area contributed by atoms with Crippen molar-refractivity contribution < 1.29 is 13.3 Å². The molecule has 10 heteroatoms. The highest BCUT2D eigenvalue weighted by molar-refractivity contribution is 7.89. The molecular weight excluding hydrogens is 334 g/mol. The highest BCUT2D eigenvalue weighted by Crippen LogP contribution is 2.28. The van der Waals surface area contributed by atoms with Crippen LogP contribution in [-0.2, 0) is 10.0 Å². The Morgan fingerprint density at radius 2 is 1.83 bits per heavy atom. The van der Waals surface area contributed by atoms with E-state index in [1.54, 1.807) is 0 Å². The molecule has 0 amide bonds. The Kier molecular flexibility index (Phi) is 4.27. The molecule has 0 atom stereocenters. The molecular formula is C14H17N5O4S. The van der Waals surface area contributed by atoms with Gasteiger partial charge in [-0.3, -0.25) is 15.0 Å². The number of nitrogens with one attached hydrogen (secondary N) is 1. The van der Waals surface area contributed by atoms with Crippen LogP contribution in [0.4, 0.5) is 5.69 Å². The van der Waals surface area contributed by atoms with Gasteiger partial charge in [-0.1, -0.05) is 12.1 Å². The topological polar surface area (TPSA) is 120 Å². The van der Waals surface area contributed by atoms with Gasteiger partial charge in [0, 0.05) is 45.3 Å². The maximum atomic E-state index is 12.7. The fourth-order valence-corrected chi connectivity index (χ4v) is 4.64. The Morgan fingerprint density at radius 1 is 1.21 bits per heavy atom. The van der Waals surface area contributed by atoms with E-state index in [2.05, 4.69) is 11.4 Å². The SMILES string of the molecule is N#CC1(N2CCN(S(=O)(=O)c3ccccc3[N+](=O)[O-])CC2)CNC1. The van der Waals surface area contributed by atoms with Crippen molar-refractivity contribution in [2.75, 3.05) is 39.3 Å². The van der Waals surface area contributed by atoms with Crippen LogP contribution in [0, 0.1) is 21.4 Å². The van der Waals surface area contributed by atoms with Crippen LogP contribution in [0.3, 0.4) is 0 Å². The van der Waals surface area contributed by atoms with Crippen LogP contribution in [0.5, 0.6) is 0 Å². The average Bonchev–Trinajstić information content (AvgIpc) is 2.55. The Bertz CT molecular complexity index is 792. The lowest BCUT2D eigenvalue weighted by Crippen LogP contribution is -2.71. The van der Waals surface area contributed by atoms with Gasteiger partial charge in [0.2, 0.25) is 10.0 Å². The second-order valence-electron chi connectivity index (χ2n) is 5.86. The summed E-state index contributed by atoms with van der Waals surface area (Å²) in [5, 5.41) is 23.5. The molecule has 0 aliphatic carbocycles. The van der Waals surface area contributed by atoms with E-state index in [1.165, 1.54) is 28.6 Å². The van der Waals surface area contributed by atoms with E-state index >= 15 is 0 Å². The lowest BCUT2D eigenvalue weighted by atomic mass is 9.91. The number of para-hydroxylation sites is 1. The molecule has 1 N–H and O–H groups in total. The van der Waals surface area contributed by atoms with Crippen molar-refractivity contribution >= 4 is 15.7 Å². The molecule has 0 spiro atoms. The average molecular weight is 351 g/mol. The third kappa shape index (κ3) is 2.65. The monoisotopic (exact) mass is 351 g/mol. The number of nitriles is 1. The second kappa shape index (κ2) is 6.10. The van der Waals surface area contributed by atoms with Crippen LogP contribution in [0.15, 0.2) is 29.2 Å². The highest BCUT2D eigenvalue weighted by atomic mass is 32.2. The van der Waals surface area contributed by atoms with Crippen LogP contribution < -0.4 is 5.32 Å².